The van der Waals surface area contributed by atoms with E-state index < -0.39 is 0 Å². The first-order valence-corrected chi connectivity index (χ1v) is 3.46. The summed E-state index contributed by atoms with van der Waals surface area (Å²) < 4.78 is 0. The van der Waals surface area contributed by atoms with Crippen molar-refractivity contribution in [1.29, 1.82) is 0 Å². The highest BCUT2D eigenvalue weighted by molar-refractivity contribution is 7.80. The summed E-state index contributed by atoms with van der Waals surface area (Å²) in [4.78, 5) is 0. The van der Waals surface area contributed by atoms with Gasteiger partial charge < -0.3 is 10.7 Å². The predicted molar refractivity (Wildman–Crippen MR) is 42.8 cm³/mol. The van der Waals surface area contributed by atoms with E-state index in [9.17, 15) is 0 Å². The summed E-state index contributed by atoms with van der Waals surface area (Å²) in [5.41, 5.74) is 2.34. The highest BCUT2D eigenvalue weighted by atomic mass is 32.1. The number of nitrogens with two attached hydrogens (primary N) is 1. The Kier molecular flexibility index (Phi) is 5.56. The van der Waals surface area contributed by atoms with Crippen LogP contribution in [0.25, 0.3) is 0 Å². The Bertz CT molecular complexity index is 84.3. The first-order valence-electron chi connectivity index (χ1n) is 3.05. The minimum absolute atomic E-state index is 0.517. The van der Waals surface area contributed by atoms with Gasteiger partial charge in [-0.3, -0.25) is 0 Å². The van der Waals surface area contributed by atoms with Crippen LogP contribution in [0, 0.1) is 0 Å². The van der Waals surface area contributed by atoms with Gasteiger partial charge in [0, 0.05) is 6.54 Å². The molecule has 0 rings (SSSR count). The molecule has 0 heterocycles. The van der Waals surface area contributed by atoms with Crippen LogP contribution in [-0.2, 0) is 0 Å². The lowest BCUT2D eigenvalue weighted by Crippen LogP contribution is -2.39. The van der Waals surface area contributed by atoms with Gasteiger partial charge in [0.2, 0.25) is 0 Å². The van der Waals surface area contributed by atoms with Gasteiger partial charge in [-0.15, -0.1) is 0 Å². The second-order valence-corrected chi connectivity index (χ2v) is 2.16. The van der Waals surface area contributed by atoms with E-state index in [-0.39, 0.29) is 0 Å². The molecule has 0 aromatic rings. The molecule has 3 nitrogen and oxygen atoms in total. The number of hydrogen-bond donors (Lipinski definition) is 3. The second kappa shape index (κ2) is 5.78. The van der Waals surface area contributed by atoms with Crippen LogP contribution in [0.1, 0.15) is 19.8 Å². The topological polar surface area (TPSA) is 50.1 Å². The van der Waals surface area contributed by atoms with Gasteiger partial charge in [-0.05, 0) is 18.6 Å². The zero-order chi connectivity index (χ0) is 7.11. The second-order valence-electron chi connectivity index (χ2n) is 1.75. The molecule has 0 saturated heterocycles. The van der Waals surface area contributed by atoms with Gasteiger partial charge in [0.1, 0.15) is 0 Å². The normalized spacial score (nSPS) is 8.67. The molecule has 9 heavy (non-hydrogen) atoms. The van der Waals surface area contributed by atoms with Crippen molar-refractivity contribution in [1.82, 2.24) is 10.7 Å². The van der Waals surface area contributed by atoms with Crippen LogP contribution in [-0.4, -0.2) is 11.7 Å². The summed E-state index contributed by atoms with van der Waals surface area (Å²) >= 11 is 4.72. The van der Waals surface area contributed by atoms with Crippen molar-refractivity contribution in [3.05, 3.63) is 0 Å². The summed E-state index contributed by atoms with van der Waals surface area (Å²) in [5.74, 6) is 5.00. The van der Waals surface area contributed by atoms with E-state index in [1.807, 2.05) is 0 Å². The van der Waals surface area contributed by atoms with Crippen LogP contribution in [0.2, 0.25) is 0 Å². The van der Waals surface area contributed by atoms with Crippen molar-refractivity contribution in [2.75, 3.05) is 6.54 Å². The van der Waals surface area contributed by atoms with Gasteiger partial charge in [-0.1, -0.05) is 13.3 Å². The summed E-state index contributed by atoms with van der Waals surface area (Å²) in [5, 5.41) is 3.45. The molecular weight excluding hydrogens is 134 g/mol. The number of rotatable bonds is 3. The van der Waals surface area contributed by atoms with E-state index in [0.717, 1.165) is 13.0 Å². The number of hydrogen-bond acceptors (Lipinski definition) is 2. The molecule has 0 fully saturated rings. The quantitative estimate of drug-likeness (QED) is 0.230. The van der Waals surface area contributed by atoms with Crippen LogP contribution in [0.5, 0.6) is 0 Å². The fraction of sp³-hybridized carbons (Fsp3) is 0.800. The Morgan fingerprint density at radius 2 is 2.33 bits per heavy atom. The molecule has 0 aromatic heterocycles. The van der Waals surface area contributed by atoms with Crippen molar-refractivity contribution in [3.63, 3.8) is 0 Å². The van der Waals surface area contributed by atoms with E-state index in [4.69, 9.17) is 18.1 Å². The number of nitrogens with one attached hydrogen (secondary N) is 2. The maximum Gasteiger partial charge on any atom is 0.180 e. The molecule has 0 saturated carbocycles. The number of unbranched alkanes of at least 4 members (excludes halogenated alkanes) is 1. The third-order valence-corrected chi connectivity index (χ3v) is 1.21. The van der Waals surface area contributed by atoms with E-state index in [1.165, 1.54) is 6.42 Å². The molecular formula is C5H13N3S. The predicted octanol–water partition coefficient (Wildman–Crippen LogP) is 0.124. The summed E-state index contributed by atoms with van der Waals surface area (Å²) in [6, 6.07) is 0. The first kappa shape index (κ1) is 8.65. The summed E-state index contributed by atoms with van der Waals surface area (Å²) in [6.07, 6.45) is 2.29. The van der Waals surface area contributed by atoms with Crippen LogP contribution in [0.4, 0.5) is 0 Å². The first-order chi connectivity index (χ1) is 4.31. The maximum atomic E-state index is 5.00. The zero-order valence-electron chi connectivity index (χ0n) is 5.61. The van der Waals surface area contributed by atoms with Crippen molar-refractivity contribution in [2.24, 2.45) is 5.84 Å². The molecule has 0 aliphatic rings. The van der Waals surface area contributed by atoms with Gasteiger partial charge in [0.05, 0.1) is 0 Å². The zero-order valence-corrected chi connectivity index (χ0v) is 6.42. The minimum atomic E-state index is 0.517. The van der Waals surface area contributed by atoms with Crippen LogP contribution in [0.3, 0.4) is 0 Å². The van der Waals surface area contributed by atoms with Gasteiger partial charge >= 0.3 is 0 Å². The molecule has 0 bridgehead atoms. The highest BCUT2D eigenvalue weighted by Gasteiger charge is 1.86. The van der Waals surface area contributed by atoms with E-state index >= 15 is 0 Å². The van der Waals surface area contributed by atoms with Gasteiger partial charge in [0.25, 0.3) is 0 Å². The molecule has 0 unspecified atom stereocenters. The highest BCUT2D eigenvalue weighted by Crippen LogP contribution is 1.81. The fourth-order valence-corrected chi connectivity index (χ4v) is 0.532. The molecule has 0 atom stereocenters. The van der Waals surface area contributed by atoms with Crippen molar-refractivity contribution < 1.29 is 0 Å². The summed E-state index contributed by atoms with van der Waals surface area (Å²) in [7, 11) is 0. The number of thiocarbonyl (C=S) groups is 1. The van der Waals surface area contributed by atoms with Gasteiger partial charge in [-0.25, -0.2) is 5.84 Å². The minimum Gasteiger partial charge on any atom is -0.362 e. The maximum absolute atomic E-state index is 5.00. The Morgan fingerprint density at radius 3 is 2.78 bits per heavy atom. The molecule has 0 aliphatic carbocycles. The molecule has 4 N–H and O–H groups in total. The number of hydrazine groups is 1. The van der Waals surface area contributed by atoms with E-state index in [1.54, 1.807) is 0 Å². The molecule has 0 aliphatic heterocycles. The standard InChI is InChI=1S/C5H13N3S/c1-2-3-4-7-5(9)8-6/h2-4,6H2,1H3,(H2,7,8,9). The Morgan fingerprint density at radius 1 is 1.67 bits per heavy atom. The van der Waals surface area contributed by atoms with E-state index in [2.05, 4.69) is 17.7 Å². The Balaban J connectivity index is 2.97. The molecule has 0 aromatic carbocycles. The molecule has 4 heteroatoms. The van der Waals surface area contributed by atoms with Crippen molar-refractivity contribution in [3.8, 4) is 0 Å². The lowest BCUT2D eigenvalue weighted by atomic mass is 10.3. The van der Waals surface area contributed by atoms with Gasteiger partial charge in [0.15, 0.2) is 5.11 Å². The Hall–Kier alpha value is -0.350. The summed E-state index contributed by atoms with van der Waals surface area (Å²) in [6.45, 7) is 3.03. The van der Waals surface area contributed by atoms with Crippen molar-refractivity contribution in [2.45, 2.75) is 19.8 Å². The molecule has 0 amide bonds. The van der Waals surface area contributed by atoms with Gasteiger partial charge in [-0.2, -0.15) is 0 Å². The SMILES string of the molecule is CCCCNC(=S)NN. The average Bonchev–Trinajstić information content (AvgIpc) is 1.89. The third kappa shape index (κ3) is 5.52. The smallest absolute Gasteiger partial charge is 0.180 e. The Labute approximate surface area is 61.0 Å². The molecule has 54 valence electrons. The lowest BCUT2D eigenvalue weighted by Gasteiger charge is -2.03. The van der Waals surface area contributed by atoms with Crippen molar-refractivity contribution >= 4 is 17.3 Å². The van der Waals surface area contributed by atoms with Crippen LogP contribution >= 0.6 is 12.2 Å². The molecule has 0 radical (unpaired) electrons. The average molecular weight is 147 g/mol. The fourth-order valence-electron chi connectivity index (χ4n) is 0.430. The van der Waals surface area contributed by atoms with Crippen LogP contribution < -0.4 is 16.6 Å². The lowest BCUT2D eigenvalue weighted by molar-refractivity contribution is 0.744. The third-order valence-electron chi connectivity index (χ3n) is 0.947. The van der Waals surface area contributed by atoms with Crippen LogP contribution in [0.15, 0.2) is 0 Å². The van der Waals surface area contributed by atoms with E-state index in [0.29, 0.717) is 5.11 Å². The molecule has 0 spiro atoms. The monoisotopic (exact) mass is 147 g/mol. The largest absolute Gasteiger partial charge is 0.362 e.